The van der Waals surface area contributed by atoms with Crippen LogP contribution in [0.5, 0.6) is 0 Å². The van der Waals surface area contributed by atoms with Crippen molar-refractivity contribution in [2.75, 3.05) is 0 Å². The van der Waals surface area contributed by atoms with E-state index in [4.69, 9.17) is 61.6 Å². The molecule has 0 aliphatic carbocycles. The summed E-state index contributed by atoms with van der Waals surface area (Å²) in [6, 6.07) is 0. The fourth-order valence-corrected chi connectivity index (χ4v) is 12.1. The van der Waals surface area contributed by atoms with E-state index in [0.29, 0.717) is 38.5 Å². The summed E-state index contributed by atoms with van der Waals surface area (Å²) >= 11 is 0. The van der Waals surface area contributed by atoms with Gasteiger partial charge in [-0.3, -0.25) is 14.4 Å². The van der Waals surface area contributed by atoms with E-state index in [2.05, 4.69) is 13.8 Å². The minimum atomic E-state index is -2.06. The van der Waals surface area contributed by atoms with Crippen LogP contribution in [0.1, 0.15) is 209 Å². The average Bonchev–Trinajstić information content (AvgIpc) is 0.893. The van der Waals surface area contributed by atoms with Crippen LogP contribution < -0.4 is 0 Å². The summed E-state index contributed by atoms with van der Waals surface area (Å²) in [6.45, 7) is 13.6. The van der Waals surface area contributed by atoms with Crippen molar-refractivity contribution in [3.8, 4) is 0 Å². The van der Waals surface area contributed by atoms with Crippen LogP contribution in [0, 0.1) is 5.92 Å². The second-order valence-corrected chi connectivity index (χ2v) is 25.0. The fourth-order valence-electron chi connectivity index (χ4n) is 12.1. The number of hydrogen-bond donors (Lipinski definition) is 9. The number of aliphatic hydroxyl groups is 9. The maximum Gasteiger partial charge on any atom is 0.309 e. The van der Waals surface area contributed by atoms with Crippen molar-refractivity contribution in [2.45, 2.75) is 369 Å². The van der Waals surface area contributed by atoms with Crippen molar-refractivity contribution in [1.29, 1.82) is 0 Å². The van der Waals surface area contributed by atoms with E-state index in [9.17, 15) is 60.3 Å². The van der Waals surface area contributed by atoms with Gasteiger partial charge >= 0.3 is 17.9 Å². The van der Waals surface area contributed by atoms with Crippen molar-refractivity contribution < 1.29 is 122 Å². The Kier molecular flexibility index (Phi) is 31.2. The fraction of sp³-hybridized carbons (Fsp3) is 0.952. The minimum absolute atomic E-state index is 0.0367. The number of esters is 3. The lowest BCUT2D eigenvalue weighted by Gasteiger charge is -2.51. The Morgan fingerprint density at radius 2 is 1.00 bits per heavy atom. The van der Waals surface area contributed by atoms with Gasteiger partial charge in [0.25, 0.3) is 0 Å². The highest BCUT2D eigenvalue weighted by atomic mass is 16.8. The predicted molar refractivity (Wildman–Crippen MR) is 307 cm³/mol. The molecule has 0 saturated carbocycles. The zero-order valence-electron chi connectivity index (χ0n) is 52.6. The molecule has 0 aromatic carbocycles. The van der Waals surface area contributed by atoms with Crippen LogP contribution in [0.15, 0.2) is 0 Å². The first kappa shape index (κ1) is 73.7. The molecule has 6 aliphatic rings. The Morgan fingerprint density at radius 1 is 0.471 bits per heavy atom. The van der Waals surface area contributed by atoms with Gasteiger partial charge in [0, 0.05) is 12.8 Å². The summed E-state index contributed by atoms with van der Waals surface area (Å²) in [5.74, 6) is -2.90. The van der Waals surface area contributed by atoms with Crippen LogP contribution in [0.3, 0.4) is 0 Å². The summed E-state index contributed by atoms with van der Waals surface area (Å²) < 4.78 is 81.2. The van der Waals surface area contributed by atoms with Crippen molar-refractivity contribution in [3.63, 3.8) is 0 Å². The van der Waals surface area contributed by atoms with Gasteiger partial charge in [0.1, 0.15) is 73.2 Å². The van der Waals surface area contributed by atoms with Crippen LogP contribution in [0.2, 0.25) is 0 Å². The molecule has 9 N–H and O–H groups in total. The lowest BCUT2D eigenvalue weighted by Crippen LogP contribution is -2.68. The van der Waals surface area contributed by atoms with Gasteiger partial charge < -0.3 is 108 Å². The molecule has 87 heavy (non-hydrogen) atoms. The van der Waals surface area contributed by atoms with Crippen molar-refractivity contribution in [1.82, 2.24) is 0 Å². The molecule has 25 nitrogen and oxygen atoms in total. The standard InChI is InChI=1S/C62H108O25/c1-9-12-14-15-16-17-20-23-28-32-40(64)81-55-54(86-58-46(70)43(67)41(65)34(5)75-58)50(84-59-47(71)45(69)51(57(74)87-59)82-56(73)33(4)11-3)37(8)78-62(55)83-49-36(7)77-61-53(48(49)72)80-39(63)31-27-24-21-18-19-22-26-30-38(29-25-13-10-2)79-60-52(85-61)44(68)42(66)35(6)76-60/h33-38,41-55,57-62,65-72,74H,9-32H2,1-8H3/t33-,34-,35+,36-,37-,38-,41-,42-,43+,44-,45-,46+,47+,48+,49-,50-,51+,52+,53+,54+,55+,57+,58-,59+,60-,61-,62-/m0/s1. The van der Waals surface area contributed by atoms with Crippen LogP contribution in [0.25, 0.3) is 0 Å². The largest absolute Gasteiger partial charge is 0.454 e. The van der Waals surface area contributed by atoms with Gasteiger partial charge in [-0.1, -0.05) is 137 Å². The molecule has 0 amide bonds. The lowest BCUT2D eigenvalue weighted by molar-refractivity contribution is -0.405. The lowest BCUT2D eigenvalue weighted by atomic mass is 9.95. The van der Waals surface area contributed by atoms with Crippen LogP contribution in [0.4, 0.5) is 0 Å². The number of unbranched alkanes of at least 4 members (excludes halogenated alkanes) is 10. The van der Waals surface area contributed by atoms with Gasteiger partial charge in [0.15, 0.2) is 56.1 Å². The molecule has 0 bridgehead atoms. The van der Waals surface area contributed by atoms with Gasteiger partial charge in [-0.15, -0.1) is 0 Å². The monoisotopic (exact) mass is 1250 g/mol. The molecule has 0 unspecified atom stereocenters. The first-order valence-electron chi connectivity index (χ1n) is 32.9. The van der Waals surface area contributed by atoms with Gasteiger partial charge in [-0.25, -0.2) is 0 Å². The van der Waals surface area contributed by atoms with Crippen LogP contribution >= 0.6 is 0 Å². The molecule has 25 heteroatoms. The molecule has 0 spiro atoms. The van der Waals surface area contributed by atoms with E-state index in [0.717, 1.165) is 103 Å². The van der Waals surface area contributed by atoms with Crippen molar-refractivity contribution in [2.24, 2.45) is 5.92 Å². The third-order valence-electron chi connectivity index (χ3n) is 17.9. The van der Waals surface area contributed by atoms with Crippen LogP contribution in [-0.2, 0) is 76.0 Å². The highest BCUT2D eigenvalue weighted by molar-refractivity contribution is 5.72. The zero-order chi connectivity index (χ0) is 63.5. The Labute approximate surface area is 513 Å². The quantitative estimate of drug-likeness (QED) is 0.0370. The number of aliphatic hydroxyl groups excluding tert-OH is 9. The van der Waals surface area contributed by atoms with E-state index in [1.165, 1.54) is 20.8 Å². The average molecular weight is 1250 g/mol. The topological polar surface area (TPSA) is 353 Å². The first-order chi connectivity index (χ1) is 41.6. The number of hydrogen-bond acceptors (Lipinski definition) is 25. The van der Waals surface area contributed by atoms with Crippen LogP contribution in [-0.4, -0.2) is 224 Å². The van der Waals surface area contributed by atoms with Crippen molar-refractivity contribution in [3.05, 3.63) is 0 Å². The molecule has 27 atom stereocenters. The Morgan fingerprint density at radius 3 is 1.68 bits per heavy atom. The molecule has 0 aromatic heterocycles. The number of fused-ring (bicyclic) bond motifs is 2. The molecular weight excluding hydrogens is 1140 g/mol. The number of rotatable bonds is 24. The predicted octanol–water partition coefficient (Wildman–Crippen LogP) is 4.26. The molecule has 6 fully saturated rings. The second-order valence-electron chi connectivity index (χ2n) is 25.0. The molecule has 506 valence electrons. The third-order valence-corrected chi connectivity index (χ3v) is 17.9. The van der Waals surface area contributed by atoms with Crippen molar-refractivity contribution >= 4 is 17.9 Å². The first-order valence-corrected chi connectivity index (χ1v) is 32.9. The van der Waals surface area contributed by atoms with E-state index in [1.807, 2.05) is 0 Å². The highest BCUT2D eigenvalue weighted by Crippen LogP contribution is 2.39. The van der Waals surface area contributed by atoms with Gasteiger partial charge in [0.05, 0.1) is 36.4 Å². The molecule has 0 aromatic rings. The Balaban J connectivity index is 1.34. The molecule has 6 saturated heterocycles. The maximum absolute atomic E-state index is 14.3. The highest BCUT2D eigenvalue weighted by Gasteiger charge is 2.59. The van der Waals surface area contributed by atoms with Gasteiger partial charge in [-0.05, 0) is 59.8 Å². The Hall–Kier alpha value is -2.35. The van der Waals surface area contributed by atoms with E-state index >= 15 is 0 Å². The number of carbonyl (C=O) groups excluding carboxylic acids is 3. The molecule has 6 rings (SSSR count). The Bertz CT molecular complexity index is 1990. The van der Waals surface area contributed by atoms with E-state index < -0.39 is 178 Å². The zero-order valence-corrected chi connectivity index (χ0v) is 52.6. The summed E-state index contributed by atoms with van der Waals surface area (Å²) in [5, 5.41) is 103. The maximum atomic E-state index is 14.3. The van der Waals surface area contributed by atoms with E-state index in [1.54, 1.807) is 20.8 Å². The summed E-state index contributed by atoms with van der Waals surface area (Å²) in [4.78, 5) is 41.0. The molecule has 6 aliphatic heterocycles. The summed E-state index contributed by atoms with van der Waals surface area (Å²) in [7, 11) is 0. The van der Waals surface area contributed by atoms with E-state index in [-0.39, 0.29) is 18.9 Å². The normalized spacial score (nSPS) is 41.6. The summed E-state index contributed by atoms with van der Waals surface area (Å²) in [5.41, 5.74) is 0. The molecular formula is C62H108O25. The minimum Gasteiger partial charge on any atom is -0.454 e. The number of carbonyl (C=O) groups is 3. The van der Waals surface area contributed by atoms with Gasteiger partial charge in [-0.2, -0.15) is 0 Å². The SMILES string of the molecule is CCCCCCCCCCCC(=O)O[C@H]1[C@H](O[C@@H]2[C@@H](O)[C@H]3OC(=O)CCCCCCCCC[C@H](CCCCC)O[C@@H]4O[C@H](C)[C@H](O)[C@H](O)[C@H]4O[C@@H]3O[C@H]2C)O[C@@H](C)[C@H](O[C@@H]2O[C@@H](O)[C@H](OC(=O)[C@@H](C)CC)[C@@H](O)[C@H]2O)[C@H]1O[C@@H]1O[C@@H](C)[C@H](O)[C@@H](O)[C@H]1O. The second kappa shape index (κ2) is 36.8. The molecule has 6 heterocycles. The molecule has 0 radical (unpaired) electrons. The number of ether oxygens (including phenoxy) is 13. The smallest absolute Gasteiger partial charge is 0.309 e. The van der Waals surface area contributed by atoms with Gasteiger partial charge in [0.2, 0.25) is 0 Å². The third kappa shape index (κ3) is 20.8. The summed E-state index contributed by atoms with van der Waals surface area (Å²) in [6.07, 6.45) is -22.2.